The smallest absolute Gasteiger partial charge is 0.255 e. The number of rotatable bonds is 4. The van der Waals surface area contributed by atoms with Gasteiger partial charge in [0, 0.05) is 31.3 Å². The fraction of sp³-hybridized carbons (Fsp3) is 0.647. The maximum atomic E-state index is 12.5. The highest BCUT2D eigenvalue weighted by Crippen LogP contribution is 2.26. The van der Waals surface area contributed by atoms with Gasteiger partial charge >= 0.3 is 0 Å². The number of likely N-dealkylation sites (tertiary alicyclic amines) is 1. The maximum absolute atomic E-state index is 12.5. The zero-order valence-electron chi connectivity index (χ0n) is 13.7. The Bertz CT molecular complexity index is 518. The highest BCUT2D eigenvalue weighted by molar-refractivity contribution is 5.94. The Balaban J connectivity index is 1.54. The molecule has 0 aromatic carbocycles. The molecule has 0 N–H and O–H groups in total. The highest BCUT2D eigenvalue weighted by Gasteiger charge is 2.32. The molecule has 0 aliphatic carbocycles. The summed E-state index contributed by atoms with van der Waals surface area (Å²) < 4.78 is 16.6. The third-order valence-corrected chi connectivity index (χ3v) is 4.20. The quantitative estimate of drug-likeness (QED) is 0.850. The maximum Gasteiger partial charge on any atom is 0.255 e. The van der Waals surface area contributed by atoms with Crippen LogP contribution in [0.3, 0.4) is 0 Å². The second kappa shape index (κ2) is 7.27. The number of hydrogen-bond acceptors (Lipinski definition) is 5. The van der Waals surface area contributed by atoms with Crippen molar-refractivity contribution in [2.45, 2.75) is 39.1 Å². The SMILES string of the molecule is CC(C)Oc1ccc(C(=O)N2CCC(C3OCCO3)CC2)cn1. The summed E-state index contributed by atoms with van der Waals surface area (Å²) in [5.74, 6) is 0.965. The Kier molecular flexibility index (Phi) is 5.13. The van der Waals surface area contributed by atoms with Crippen molar-refractivity contribution < 1.29 is 19.0 Å². The molecule has 0 spiro atoms. The molecule has 0 unspecified atom stereocenters. The van der Waals surface area contributed by atoms with Crippen LogP contribution in [0.5, 0.6) is 5.88 Å². The molecular weight excluding hydrogens is 296 g/mol. The van der Waals surface area contributed by atoms with Gasteiger partial charge < -0.3 is 19.1 Å². The van der Waals surface area contributed by atoms with Crippen LogP contribution in [0, 0.1) is 5.92 Å². The van der Waals surface area contributed by atoms with Crippen LogP contribution in [-0.4, -0.2) is 54.5 Å². The minimum atomic E-state index is -0.0821. The number of piperidine rings is 1. The molecule has 0 atom stereocenters. The van der Waals surface area contributed by atoms with Crippen LogP contribution < -0.4 is 4.74 Å². The molecule has 3 heterocycles. The van der Waals surface area contributed by atoms with Crippen molar-refractivity contribution in [1.82, 2.24) is 9.88 Å². The molecular formula is C17H24N2O4. The molecule has 3 rings (SSSR count). The van der Waals surface area contributed by atoms with Gasteiger partial charge in [-0.1, -0.05) is 0 Å². The average molecular weight is 320 g/mol. The second-order valence-corrected chi connectivity index (χ2v) is 6.29. The zero-order chi connectivity index (χ0) is 16.2. The summed E-state index contributed by atoms with van der Waals surface area (Å²) >= 11 is 0. The van der Waals surface area contributed by atoms with E-state index in [0.717, 1.165) is 25.9 Å². The number of nitrogens with zero attached hydrogens (tertiary/aromatic N) is 2. The topological polar surface area (TPSA) is 60.9 Å². The van der Waals surface area contributed by atoms with Crippen molar-refractivity contribution in [3.63, 3.8) is 0 Å². The van der Waals surface area contributed by atoms with Gasteiger partial charge in [0.25, 0.3) is 5.91 Å². The van der Waals surface area contributed by atoms with Crippen LogP contribution in [0.1, 0.15) is 37.0 Å². The molecule has 0 radical (unpaired) electrons. The van der Waals surface area contributed by atoms with E-state index in [0.29, 0.717) is 30.6 Å². The van der Waals surface area contributed by atoms with Crippen molar-refractivity contribution in [2.75, 3.05) is 26.3 Å². The van der Waals surface area contributed by atoms with Crippen molar-refractivity contribution in [3.05, 3.63) is 23.9 Å². The minimum Gasteiger partial charge on any atom is -0.475 e. The van der Waals surface area contributed by atoms with E-state index in [1.807, 2.05) is 18.7 Å². The summed E-state index contributed by atoms with van der Waals surface area (Å²) in [6.45, 7) is 6.72. The van der Waals surface area contributed by atoms with E-state index in [-0.39, 0.29) is 18.3 Å². The lowest BCUT2D eigenvalue weighted by Gasteiger charge is -2.33. The number of hydrogen-bond donors (Lipinski definition) is 0. The standard InChI is InChI=1S/C17H24N2O4/c1-12(2)23-15-4-3-14(11-18-15)16(20)19-7-5-13(6-8-19)17-21-9-10-22-17/h3-4,11-13,17H,5-10H2,1-2H3. The summed E-state index contributed by atoms with van der Waals surface area (Å²) in [5, 5.41) is 0. The van der Waals surface area contributed by atoms with Crippen LogP contribution in [0.25, 0.3) is 0 Å². The van der Waals surface area contributed by atoms with Crippen molar-refractivity contribution >= 4 is 5.91 Å². The lowest BCUT2D eigenvalue weighted by Crippen LogP contribution is -2.41. The van der Waals surface area contributed by atoms with Gasteiger partial charge in [-0.05, 0) is 32.8 Å². The zero-order valence-corrected chi connectivity index (χ0v) is 13.7. The molecule has 23 heavy (non-hydrogen) atoms. The Morgan fingerprint density at radius 3 is 2.52 bits per heavy atom. The van der Waals surface area contributed by atoms with Gasteiger partial charge in [0.05, 0.1) is 24.9 Å². The Morgan fingerprint density at radius 1 is 1.26 bits per heavy atom. The Morgan fingerprint density at radius 2 is 1.96 bits per heavy atom. The lowest BCUT2D eigenvalue weighted by molar-refractivity contribution is -0.0956. The fourth-order valence-electron chi connectivity index (χ4n) is 3.02. The number of carbonyl (C=O) groups excluding carboxylic acids is 1. The molecule has 6 nitrogen and oxygen atoms in total. The molecule has 126 valence electrons. The van der Waals surface area contributed by atoms with Crippen LogP contribution in [0.4, 0.5) is 0 Å². The number of pyridine rings is 1. The van der Waals surface area contributed by atoms with E-state index in [9.17, 15) is 4.79 Å². The van der Waals surface area contributed by atoms with Crippen molar-refractivity contribution in [1.29, 1.82) is 0 Å². The first kappa shape index (κ1) is 16.2. The molecule has 0 saturated carbocycles. The summed E-state index contributed by atoms with van der Waals surface area (Å²) in [4.78, 5) is 18.6. The van der Waals surface area contributed by atoms with Gasteiger partial charge in [-0.25, -0.2) is 4.98 Å². The first-order valence-electron chi connectivity index (χ1n) is 8.28. The van der Waals surface area contributed by atoms with Gasteiger partial charge in [-0.2, -0.15) is 0 Å². The van der Waals surface area contributed by atoms with Gasteiger partial charge in [0.1, 0.15) is 0 Å². The molecule has 1 aromatic rings. The largest absolute Gasteiger partial charge is 0.475 e. The highest BCUT2D eigenvalue weighted by atomic mass is 16.7. The van der Waals surface area contributed by atoms with Crippen molar-refractivity contribution in [3.8, 4) is 5.88 Å². The molecule has 0 bridgehead atoms. The van der Waals surface area contributed by atoms with Crippen LogP contribution in [0.2, 0.25) is 0 Å². The molecule has 2 fully saturated rings. The Labute approximate surface area is 136 Å². The third-order valence-electron chi connectivity index (χ3n) is 4.20. The van der Waals surface area contributed by atoms with Gasteiger partial charge in [0.2, 0.25) is 5.88 Å². The minimum absolute atomic E-state index is 0.0281. The summed E-state index contributed by atoms with van der Waals surface area (Å²) in [6.07, 6.45) is 3.41. The predicted octanol–water partition coefficient (Wildman–Crippen LogP) is 2.09. The summed E-state index contributed by atoms with van der Waals surface area (Å²) in [6, 6.07) is 3.53. The molecule has 1 aromatic heterocycles. The lowest BCUT2D eigenvalue weighted by atomic mass is 9.96. The fourth-order valence-corrected chi connectivity index (χ4v) is 3.02. The molecule has 1 amide bonds. The van der Waals surface area contributed by atoms with Gasteiger partial charge in [-0.3, -0.25) is 4.79 Å². The number of aromatic nitrogens is 1. The normalized spacial score (nSPS) is 20.2. The van der Waals surface area contributed by atoms with Crippen LogP contribution in [0.15, 0.2) is 18.3 Å². The van der Waals surface area contributed by atoms with Crippen LogP contribution in [-0.2, 0) is 9.47 Å². The van der Waals surface area contributed by atoms with E-state index in [1.54, 1.807) is 18.3 Å². The third kappa shape index (κ3) is 4.00. The van der Waals surface area contributed by atoms with Gasteiger partial charge in [-0.15, -0.1) is 0 Å². The Hall–Kier alpha value is -1.66. The molecule has 2 saturated heterocycles. The average Bonchev–Trinajstić information content (AvgIpc) is 3.09. The van der Waals surface area contributed by atoms with E-state index in [2.05, 4.69) is 4.98 Å². The molecule has 2 aliphatic heterocycles. The second-order valence-electron chi connectivity index (χ2n) is 6.29. The van der Waals surface area contributed by atoms with E-state index in [4.69, 9.17) is 14.2 Å². The van der Waals surface area contributed by atoms with Crippen LogP contribution >= 0.6 is 0 Å². The predicted molar refractivity (Wildman–Crippen MR) is 84.3 cm³/mol. The number of ether oxygens (including phenoxy) is 3. The monoisotopic (exact) mass is 320 g/mol. The summed E-state index contributed by atoms with van der Waals surface area (Å²) in [5.41, 5.74) is 0.605. The first-order chi connectivity index (χ1) is 11.1. The number of amides is 1. The van der Waals surface area contributed by atoms with E-state index < -0.39 is 0 Å². The van der Waals surface area contributed by atoms with Gasteiger partial charge in [0.15, 0.2) is 6.29 Å². The summed E-state index contributed by atoms with van der Waals surface area (Å²) in [7, 11) is 0. The molecule has 2 aliphatic rings. The van der Waals surface area contributed by atoms with Crippen molar-refractivity contribution in [2.24, 2.45) is 5.92 Å². The van der Waals surface area contributed by atoms with E-state index >= 15 is 0 Å². The molecule has 6 heteroatoms. The van der Waals surface area contributed by atoms with E-state index in [1.165, 1.54) is 0 Å². The number of carbonyl (C=O) groups is 1. The first-order valence-corrected chi connectivity index (χ1v) is 8.28.